The Kier molecular flexibility index (Phi) is 4.27. The number of amides is 1. The Morgan fingerprint density at radius 2 is 1.96 bits per heavy atom. The lowest BCUT2D eigenvalue weighted by molar-refractivity contribution is 0.0681. The van der Waals surface area contributed by atoms with Crippen LogP contribution in [0.15, 0.2) is 48.5 Å². The molecular weight excluding hydrogens is 344 g/mol. The number of ether oxygens (including phenoxy) is 1. The summed E-state index contributed by atoms with van der Waals surface area (Å²) >= 11 is 0. The Morgan fingerprint density at radius 3 is 2.67 bits per heavy atom. The van der Waals surface area contributed by atoms with Crippen molar-refractivity contribution in [2.24, 2.45) is 0 Å². The second kappa shape index (κ2) is 6.75. The minimum Gasteiger partial charge on any atom is -0.504 e. The quantitative estimate of drug-likeness (QED) is 0.773. The van der Waals surface area contributed by atoms with Gasteiger partial charge in [-0.3, -0.25) is 4.79 Å². The number of benzene rings is 2. The summed E-state index contributed by atoms with van der Waals surface area (Å²) in [5.74, 6) is 1.69. The highest BCUT2D eigenvalue weighted by atomic mass is 16.5. The minimum absolute atomic E-state index is 0.0368. The van der Waals surface area contributed by atoms with E-state index in [1.165, 1.54) is 13.2 Å². The average Bonchev–Trinajstić information content (AvgIpc) is 3.12. The minimum atomic E-state index is -0.157. The summed E-state index contributed by atoms with van der Waals surface area (Å²) in [6, 6.07) is 14.6. The number of methoxy groups -OCH3 is 1. The van der Waals surface area contributed by atoms with E-state index in [0.29, 0.717) is 24.4 Å². The molecule has 1 aliphatic heterocycles. The molecule has 1 atom stereocenters. The lowest BCUT2D eigenvalue weighted by atomic mass is 10.1. The van der Waals surface area contributed by atoms with Crippen LogP contribution in [0.25, 0.3) is 11.4 Å². The largest absolute Gasteiger partial charge is 0.504 e. The smallest absolute Gasteiger partial charge is 0.254 e. The molecule has 27 heavy (non-hydrogen) atoms. The van der Waals surface area contributed by atoms with Crippen molar-refractivity contribution in [1.29, 1.82) is 0 Å². The topological polar surface area (TPSA) is 80.5 Å². The fraction of sp³-hybridized carbons (Fsp3) is 0.250. The molecule has 1 N–H and O–H groups in total. The zero-order chi connectivity index (χ0) is 19.0. The van der Waals surface area contributed by atoms with Crippen LogP contribution in [0.1, 0.15) is 29.1 Å². The van der Waals surface area contributed by atoms with E-state index in [4.69, 9.17) is 4.74 Å². The van der Waals surface area contributed by atoms with Crippen molar-refractivity contribution < 1.29 is 14.6 Å². The molecule has 0 fully saturated rings. The van der Waals surface area contributed by atoms with Gasteiger partial charge < -0.3 is 19.3 Å². The SMILES string of the molecule is COc1ccc(C(=O)N2Cc3nnc(-c4ccccc4)n3[C@@H](C)C2)cc1O. The van der Waals surface area contributed by atoms with Crippen LogP contribution in [0.2, 0.25) is 0 Å². The third-order valence-electron chi connectivity index (χ3n) is 4.77. The van der Waals surface area contributed by atoms with Crippen molar-refractivity contribution in [3.8, 4) is 22.9 Å². The first-order chi connectivity index (χ1) is 13.1. The number of phenols is 1. The summed E-state index contributed by atoms with van der Waals surface area (Å²) < 4.78 is 7.12. The Hall–Kier alpha value is -3.35. The Bertz CT molecular complexity index is 984. The Labute approximate surface area is 156 Å². The summed E-state index contributed by atoms with van der Waals surface area (Å²) in [4.78, 5) is 14.6. The maximum atomic E-state index is 12.9. The standard InChI is InChI=1S/C20H20N4O3/c1-13-11-23(20(26)15-8-9-17(27-2)16(25)10-15)12-18-21-22-19(24(13)18)14-6-4-3-5-7-14/h3-10,13,25H,11-12H2,1-2H3/t13-/m0/s1. The van der Waals surface area contributed by atoms with Gasteiger partial charge in [-0.1, -0.05) is 30.3 Å². The van der Waals surface area contributed by atoms with Crippen molar-refractivity contribution in [2.45, 2.75) is 19.5 Å². The van der Waals surface area contributed by atoms with Crippen LogP contribution in [0, 0.1) is 0 Å². The maximum Gasteiger partial charge on any atom is 0.254 e. The zero-order valence-corrected chi connectivity index (χ0v) is 15.2. The summed E-state index contributed by atoms with van der Waals surface area (Å²) in [6.07, 6.45) is 0. The Morgan fingerprint density at radius 1 is 1.19 bits per heavy atom. The second-order valence-corrected chi connectivity index (χ2v) is 6.60. The number of carbonyl (C=O) groups excluding carboxylic acids is 1. The van der Waals surface area contributed by atoms with E-state index in [0.717, 1.165) is 17.2 Å². The van der Waals surface area contributed by atoms with Gasteiger partial charge >= 0.3 is 0 Å². The molecule has 138 valence electrons. The molecule has 0 bridgehead atoms. The number of hydrogen-bond acceptors (Lipinski definition) is 5. The normalized spacial score (nSPS) is 16.1. The number of aromatic hydroxyl groups is 1. The first-order valence-corrected chi connectivity index (χ1v) is 8.74. The molecule has 0 radical (unpaired) electrons. The van der Waals surface area contributed by atoms with Crippen LogP contribution in [-0.4, -0.2) is 44.3 Å². The molecule has 4 rings (SSSR count). The highest BCUT2D eigenvalue weighted by Crippen LogP contribution is 2.30. The fourth-order valence-corrected chi connectivity index (χ4v) is 3.47. The number of nitrogens with zero attached hydrogens (tertiary/aromatic N) is 4. The van der Waals surface area contributed by atoms with Crippen LogP contribution in [0.5, 0.6) is 11.5 Å². The lowest BCUT2D eigenvalue weighted by Crippen LogP contribution is -2.40. The molecule has 3 aromatic rings. The predicted octanol–water partition coefficient (Wildman–Crippen LogP) is 2.88. The van der Waals surface area contributed by atoms with Gasteiger partial charge in [-0.25, -0.2) is 0 Å². The third kappa shape index (κ3) is 3.01. The van der Waals surface area contributed by atoms with E-state index >= 15 is 0 Å². The van der Waals surface area contributed by atoms with Gasteiger partial charge in [0.2, 0.25) is 0 Å². The highest BCUT2D eigenvalue weighted by molar-refractivity contribution is 5.95. The summed E-state index contributed by atoms with van der Waals surface area (Å²) in [5, 5.41) is 18.6. The van der Waals surface area contributed by atoms with E-state index in [-0.39, 0.29) is 17.7 Å². The van der Waals surface area contributed by atoms with Gasteiger partial charge in [-0.05, 0) is 25.1 Å². The van der Waals surface area contributed by atoms with Gasteiger partial charge in [0.25, 0.3) is 5.91 Å². The number of carbonyl (C=O) groups is 1. The first kappa shape index (κ1) is 17.1. The van der Waals surface area contributed by atoms with Crippen LogP contribution < -0.4 is 4.74 Å². The van der Waals surface area contributed by atoms with E-state index in [9.17, 15) is 9.90 Å². The summed E-state index contributed by atoms with van der Waals surface area (Å²) in [6.45, 7) is 2.95. The molecule has 0 saturated heterocycles. The van der Waals surface area contributed by atoms with Gasteiger partial charge in [-0.2, -0.15) is 0 Å². The average molecular weight is 364 g/mol. The lowest BCUT2D eigenvalue weighted by Gasteiger charge is -2.32. The zero-order valence-electron chi connectivity index (χ0n) is 15.2. The molecule has 1 aromatic heterocycles. The monoisotopic (exact) mass is 364 g/mol. The molecular formula is C20H20N4O3. The Balaban J connectivity index is 1.62. The van der Waals surface area contributed by atoms with Crippen molar-refractivity contribution in [2.75, 3.05) is 13.7 Å². The first-order valence-electron chi connectivity index (χ1n) is 8.74. The maximum absolute atomic E-state index is 12.9. The van der Waals surface area contributed by atoms with Gasteiger partial charge in [0.1, 0.15) is 0 Å². The molecule has 0 spiro atoms. The van der Waals surface area contributed by atoms with Crippen LogP contribution in [-0.2, 0) is 6.54 Å². The van der Waals surface area contributed by atoms with Gasteiger partial charge in [-0.15, -0.1) is 10.2 Å². The fourth-order valence-electron chi connectivity index (χ4n) is 3.47. The predicted molar refractivity (Wildman–Crippen MR) is 99.6 cm³/mol. The van der Waals surface area contributed by atoms with E-state index in [1.54, 1.807) is 17.0 Å². The van der Waals surface area contributed by atoms with Crippen molar-refractivity contribution in [3.05, 3.63) is 59.9 Å². The third-order valence-corrected chi connectivity index (χ3v) is 4.77. The van der Waals surface area contributed by atoms with Crippen molar-refractivity contribution in [3.63, 3.8) is 0 Å². The van der Waals surface area contributed by atoms with E-state index < -0.39 is 0 Å². The summed E-state index contributed by atoms with van der Waals surface area (Å²) in [5.41, 5.74) is 1.42. The van der Waals surface area contributed by atoms with Gasteiger partial charge in [0.15, 0.2) is 23.1 Å². The summed E-state index contributed by atoms with van der Waals surface area (Å²) in [7, 11) is 1.47. The van der Waals surface area contributed by atoms with Crippen LogP contribution in [0.4, 0.5) is 0 Å². The molecule has 0 unspecified atom stereocenters. The van der Waals surface area contributed by atoms with Gasteiger partial charge in [0, 0.05) is 17.7 Å². The molecule has 1 aliphatic rings. The van der Waals surface area contributed by atoms with Crippen molar-refractivity contribution >= 4 is 5.91 Å². The van der Waals surface area contributed by atoms with Crippen LogP contribution in [0.3, 0.4) is 0 Å². The number of phenolic OH excluding ortho intramolecular Hbond substituents is 1. The van der Waals surface area contributed by atoms with E-state index in [2.05, 4.69) is 14.8 Å². The molecule has 0 saturated carbocycles. The van der Waals surface area contributed by atoms with E-state index in [1.807, 2.05) is 37.3 Å². The number of hydrogen-bond donors (Lipinski definition) is 1. The molecule has 2 aromatic carbocycles. The van der Waals surface area contributed by atoms with Crippen LogP contribution >= 0.6 is 0 Å². The number of aromatic nitrogens is 3. The molecule has 1 amide bonds. The highest BCUT2D eigenvalue weighted by Gasteiger charge is 2.30. The number of rotatable bonds is 3. The van der Waals surface area contributed by atoms with Gasteiger partial charge in [0.05, 0.1) is 19.7 Å². The van der Waals surface area contributed by atoms with Crippen molar-refractivity contribution in [1.82, 2.24) is 19.7 Å². The molecule has 7 heteroatoms. The molecule has 2 heterocycles. The molecule has 7 nitrogen and oxygen atoms in total. The number of fused-ring (bicyclic) bond motifs is 1. The molecule has 0 aliphatic carbocycles. The second-order valence-electron chi connectivity index (χ2n) is 6.60.